The Bertz CT molecular complexity index is 488. The van der Waals surface area contributed by atoms with Gasteiger partial charge in [0.25, 0.3) is 0 Å². The summed E-state index contributed by atoms with van der Waals surface area (Å²) in [4.78, 5) is 18.6. The fraction of sp³-hybridized carbons (Fsp3) is 0.889. The molecule has 1 amide bonds. The average molecular weight is 496 g/mol. The van der Waals surface area contributed by atoms with Gasteiger partial charge in [-0.1, -0.05) is 0 Å². The number of carbonyl (C=O) groups excluding carboxylic acids is 1. The molecule has 1 aliphatic carbocycles. The SMILES string of the molecule is CN=C(NCC1(SC)CCOCC1)NC1CCN(C(=O)C2CC2)CC1.I. The van der Waals surface area contributed by atoms with E-state index in [1.54, 1.807) is 0 Å². The monoisotopic (exact) mass is 496 g/mol. The Morgan fingerprint density at radius 1 is 1.23 bits per heavy atom. The van der Waals surface area contributed by atoms with Crippen LogP contribution in [0.1, 0.15) is 38.5 Å². The van der Waals surface area contributed by atoms with Gasteiger partial charge in [-0.05, 0) is 44.8 Å². The highest BCUT2D eigenvalue weighted by Gasteiger charge is 2.35. The zero-order valence-corrected chi connectivity index (χ0v) is 19.1. The molecule has 0 atom stereocenters. The van der Waals surface area contributed by atoms with Gasteiger partial charge in [-0.25, -0.2) is 0 Å². The van der Waals surface area contributed by atoms with Gasteiger partial charge in [0.2, 0.25) is 5.91 Å². The molecule has 3 fully saturated rings. The number of rotatable bonds is 5. The minimum atomic E-state index is 0. The quantitative estimate of drug-likeness (QED) is 0.347. The standard InChI is InChI=1S/C18H32N4O2S.HI/c1-19-17(20-13-18(25-2)7-11-24-12-8-18)21-15-5-9-22(10-6-15)16(23)14-3-4-14;/h14-15H,3-13H2,1-2H3,(H2,19,20,21);1H. The zero-order valence-electron chi connectivity index (χ0n) is 16.0. The smallest absolute Gasteiger partial charge is 0.225 e. The van der Waals surface area contributed by atoms with Crippen LogP contribution >= 0.6 is 35.7 Å². The Hall–Kier alpha value is -0.220. The number of halogens is 1. The molecule has 0 spiro atoms. The normalized spacial score (nSPS) is 23.9. The van der Waals surface area contributed by atoms with E-state index in [1.807, 2.05) is 18.8 Å². The number of ether oxygens (including phenoxy) is 1. The van der Waals surface area contributed by atoms with Crippen LogP contribution in [0.25, 0.3) is 0 Å². The maximum atomic E-state index is 12.1. The number of piperidine rings is 1. The Labute approximate surface area is 178 Å². The number of guanidine groups is 1. The molecule has 2 heterocycles. The van der Waals surface area contributed by atoms with Crippen LogP contribution in [0.2, 0.25) is 0 Å². The van der Waals surface area contributed by atoms with Crippen LogP contribution in [0.5, 0.6) is 0 Å². The van der Waals surface area contributed by atoms with E-state index in [0.717, 1.165) is 77.3 Å². The van der Waals surface area contributed by atoms with Crippen LogP contribution in [-0.2, 0) is 9.53 Å². The molecule has 0 aromatic rings. The number of nitrogens with one attached hydrogen (secondary N) is 2. The van der Waals surface area contributed by atoms with Crippen LogP contribution in [0.3, 0.4) is 0 Å². The zero-order chi connectivity index (χ0) is 17.7. The summed E-state index contributed by atoms with van der Waals surface area (Å²) < 4.78 is 5.76. The van der Waals surface area contributed by atoms with Gasteiger partial charge in [0.1, 0.15) is 0 Å². The summed E-state index contributed by atoms with van der Waals surface area (Å²) in [5, 5.41) is 7.07. The number of nitrogens with zero attached hydrogens (tertiary/aromatic N) is 2. The van der Waals surface area contributed by atoms with Gasteiger partial charge in [-0.15, -0.1) is 24.0 Å². The highest BCUT2D eigenvalue weighted by molar-refractivity contribution is 14.0. The van der Waals surface area contributed by atoms with Crippen LogP contribution in [0, 0.1) is 5.92 Å². The molecular weight excluding hydrogens is 463 g/mol. The Balaban J connectivity index is 0.00000243. The van der Waals surface area contributed by atoms with Crippen molar-refractivity contribution in [2.45, 2.75) is 49.3 Å². The van der Waals surface area contributed by atoms with Gasteiger partial charge in [-0.3, -0.25) is 9.79 Å². The van der Waals surface area contributed by atoms with Crippen LogP contribution in [0.4, 0.5) is 0 Å². The van der Waals surface area contributed by atoms with Crippen molar-refractivity contribution >= 4 is 47.6 Å². The molecule has 2 N–H and O–H groups in total. The van der Waals surface area contributed by atoms with E-state index in [2.05, 4.69) is 26.8 Å². The topological polar surface area (TPSA) is 66.0 Å². The molecule has 2 saturated heterocycles. The molecule has 0 aromatic heterocycles. The predicted molar refractivity (Wildman–Crippen MR) is 119 cm³/mol. The van der Waals surface area contributed by atoms with E-state index in [4.69, 9.17) is 4.74 Å². The molecule has 3 rings (SSSR count). The van der Waals surface area contributed by atoms with Gasteiger partial charge in [0.05, 0.1) is 0 Å². The minimum absolute atomic E-state index is 0. The lowest BCUT2D eigenvalue weighted by Gasteiger charge is -2.37. The van der Waals surface area contributed by atoms with Crippen molar-refractivity contribution in [2.75, 3.05) is 46.2 Å². The van der Waals surface area contributed by atoms with E-state index < -0.39 is 0 Å². The fourth-order valence-corrected chi connectivity index (χ4v) is 4.45. The van der Waals surface area contributed by atoms with Gasteiger partial charge in [0, 0.05) is 56.6 Å². The number of thioether (sulfide) groups is 1. The first kappa shape index (κ1) is 22.1. The van der Waals surface area contributed by atoms with E-state index >= 15 is 0 Å². The van der Waals surface area contributed by atoms with E-state index in [1.165, 1.54) is 0 Å². The minimum Gasteiger partial charge on any atom is -0.381 e. The van der Waals surface area contributed by atoms with E-state index in [-0.39, 0.29) is 28.7 Å². The number of hydrogen-bond donors (Lipinski definition) is 2. The van der Waals surface area contributed by atoms with Gasteiger partial charge in [-0.2, -0.15) is 11.8 Å². The molecule has 26 heavy (non-hydrogen) atoms. The number of hydrogen-bond acceptors (Lipinski definition) is 4. The first-order chi connectivity index (χ1) is 12.2. The van der Waals surface area contributed by atoms with Crippen LogP contribution in [0.15, 0.2) is 4.99 Å². The third kappa shape index (κ3) is 5.89. The summed E-state index contributed by atoms with van der Waals surface area (Å²) in [7, 11) is 1.83. The van der Waals surface area contributed by atoms with Crippen molar-refractivity contribution in [1.29, 1.82) is 0 Å². The Morgan fingerprint density at radius 3 is 2.42 bits per heavy atom. The van der Waals surface area contributed by atoms with Crippen molar-refractivity contribution in [3.05, 3.63) is 0 Å². The second-order valence-corrected chi connectivity index (χ2v) is 8.72. The third-order valence-electron chi connectivity index (χ3n) is 5.71. The summed E-state index contributed by atoms with van der Waals surface area (Å²) in [5.74, 6) is 1.59. The number of likely N-dealkylation sites (tertiary alicyclic amines) is 1. The molecule has 0 unspecified atom stereocenters. The molecule has 3 aliphatic rings. The van der Waals surface area contributed by atoms with E-state index in [9.17, 15) is 4.79 Å². The molecule has 6 nitrogen and oxygen atoms in total. The molecule has 0 bridgehead atoms. The maximum Gasteiger partial charge on any atom is 0.225 e. The molecule has 0 radical (unpaired) electrons. The highest BCUT2D eigenvalue weighted by atomic mass is 127. The van der Waals surface area contributed by atoms with Crippen LogP contribution < -0.4 is 10.6 Å². The second-order valence-electron chi connectivity index (χ2n) is 7.44. The van der Waals surface area contributed by atoms with E-state index in [0.29, 0.717) is 17.9 Å². The first-order valence-electron chi connectivity index (χ1n) is 9.55. The molecular formula is C18H33IN4O2S. The van der Waals surface area contributed by atoms with Gasteiger partial charge >= 0.3 is 0 Å². The lowest BCUT2D eigenvalue weighted by molar-refractivity contribution is -0.133. The van der Waals surface area contributed by atoms with Crippen molar-refractivity contribution in [3.63, 3.8) is 0 Å². The highest BCUT2D eigenvalue weighted by Crippen LogP contribution is 2.33. The maximum absolute atomic E-state index is 12.1. The first-order valence-corrected chi connectivity index (χ1v) is 10.8. The molecule has 0 aromatic carbocycles. The summed E-state index contributed by atoms with van der Waals surface area (Å²) in [6.45, 7) is 4.35. The summed E-state index contributed by atoms with van der Waals surface area (Å²) >= 11 is 1.93. The van der Waals surface area contributed by atoms with Crippen molar-refractivity contribution < 1.29 is 9.53 Å². The van der Waals surface area contributed by atoms with Crippen LogP contribution in [-0.4, -0.2) is 73.7 Å². The lowest BCUT2D eigenvalue weighted by atomic mass is 9.99. The number of carbonyl (C=O) groups is 1. The largest absolute Gasteiger partial charge is 0.381 e. The summed E-state index contributed by atoms with van der Waals surface area (Å²) in [6.07, 6.45) is 8.54. The summed E-state index contributed by atoms with van der Waals surface area (Å²) in [6, 6.07) is 0.398. The Morgan fingerprint density at radius 2 is 1.88 bits per heavy atom. The molecule has 2 aliphatic heterocycles. The average Bonchev–Trinajstić information content (AvgIpc) is 3.51. The van der Waals surface area contributed by atoms with Gasteiger partial charge in [0.15, 0.2) is 5.96 Å². The second kappa shape index (κ2) is 10.4. The van der Waals surface area contributed by atoms with Crippen molar-refractivity contribution in [3.8, 4) is 0 Å². The number of amides is 1. The number of aliphatic imine (C=N–C) groups is 1. The summed E-state index contributed by atoms with van der Waals surface area (Å²) in [5.41, 5.74) is 0. The molecule has 8 heteroatoms. The lowest BCUT2D eigenvalue weighted by Crippen LogP contribution is -2.52. The van der Waals surface area contributed by atoms with Gasteiger partial charge < -0.3 is 20.3 Å². The van der Waals surface area contributed by atoms with Crippen molar-refractivity contribution in [1.82, 2.24) is 15.5 Å². The fourth-order valence-electron chi connectivity index (χ4n) is 3.66. The van der Waals surface area contributed by atoms with Crippen molar-refractivity contribution in [2.24, 2.45) is 10.9 Å². The molecule has 150 valence electrons. The predicted octanol–water partition coefficient (Wildman–Crippen LogP) is 2.08. The third-order valence-corrected chi connectivity index (χ3v) is 7.13. The Kier molecular flexibility index (Phi) is 8.79. The molecule has 1 saturated carbocycles.